The molecule has 3 N–H and O–H groups in total. The molecule has 0 aromatic heterocycles. The third-order valence-corrected chi connectivity index (χ3v) is 2.33. The summed E-state index contributed by atoms with van der Waals surface area (Å²) in [7, 11) is 1.63. The van der Waals surface area contributed by atoms with Crippen molar-refractivity contribution < 1.29 is 9.84 Å². The summed E-state index contributed by atoms with van der Waals surface area (Å²) in [4.78, 5) is 0. The Morgan fingerprint density at radius 2 is 2.21 bits per heavy atom. The van der Waals surface area contributed by atoms with Crippen LogP contribution in [0.2, 0.25) is 0 Å². The topological polar surface area (TPSA) is 55.5 Å². The molecule has 0 saturated heterocycles. The maximum Gasteiger partial charge on any atom is 0.122 e. The van der Waals surface area contributed by atoms with E-state index >= 15 is 0 Å². The first-order chi connectivity index (χ1) is 6.72. The Balaban J connectivity index is 3.06. The van der Waals surface area contributed by atoms with Gasteiger partial charge in [0.25, 0.3) is 0 Å². The molecule has 0 amide bonds. The highest BCUT2D eigenvalue weighted by Gasteiger charge is 2.13. The van der Waals surface area contributed by atoms with E-state index in [2.05, 4.69) is 0 Å². The summed E-state index contributed by atoms with van der Waals surface area (Å²) in [6.45, 7) is 2.48. The third kappa shape index (κ3) is 2.25. The fraction of sp³-hybridized carbons (Fsp3) is 0.455. The Hall–Kier alpha value is -1.06. The molecule has 1 aromatic rings. The second kappa shape index (κ2) is 4.98. The maximum atomic E-state index is 9.13. The van der Waals surface area contributed by atoms with Crippen LogP contribution in [0.1, 0.15) is 17.0 Å². The van der Waals surface area contributed by atoms with Gasteiger partial charge in [0.05, 0.1) is 13.7 Å². The minimum atomic E-state index is -0.0365. The van der Waals surface area contributed by atoms with Crippen LogP contribution in [0.15, 0.2) is 18.2 Å². The van der Waals surface area contributed by atoms with Crippen molar-refractivity contribution in [3.63, 3.8) is 0 Å². The van der Waals surface area contributed by atoms with E-state index in [0.29, 0.717) is 6.54 Å². The predicted molar refractivity (Wildman–Crippen MR) is 56.6 cm³/mol. The van der Waals surface area contributed by atoms with Crippen molar-refractivity contribution in [3.05, 3.63) is 29.3 Å². The predicted octanol–water partition coefficient (Wildman–Crippen LogP) is 1.04. The van der Waals surface area contributed by atoms with E-state index in [9.17, 15) is 0 Å². The number of hydrogen-bond donors (Lipinski definition) is 2. The molecule has 1 atom stereocenters. The monoisotopic (exact) mass is 195 g/mol. The molecule has 0 radical (unpaired) electrons. The van der Waals surface area contributed by atoms with Crippen LogP contribution in [0.4, 0.5) is 0 Å². The Kier molecular flexibility index (Phi) is 3.92. The maximum absolute atomic E-state index is 9.13. The van der Waals surface area contributed by atoms with E-state index in [1.807, 2.05) is 25.1 Å². The van der Waals surface area contributed by atoms with Crippen LogP contribution in [0.5, 0.6) is 5.75 Å². The summed E-state index contributed by atoms with van der Waals surface area (Å²) in [6, 6.07) is 5.91. The molecule has 0 bridgehead atoms. The Morgan fingerprint density at radius 3 is 2.71 bits per heavy atom. The largest absolute Gasteiger partial charge is 0.496 e. The number of rotatable bonds is 4. The summed E-state index contributed by atoms with van der Waals surface area (Å²) in [5, 5.41) is 9.13. The van der Waals surface area contributed by atoms with Gasteiger partial charge >= 0.3 is 0 Å². The number of hydrogen-bond acceptors (Lipinski definition) is 3. The second-order valence-electron chi connectivity index (χ2n) is 3.36. The van der Waals surface area contributed by atoms with Crippen molar-refractivity contribution >= 4 is 0 Å². The lowest BCUT2D eigenvalue weighted by Gasteiger charge is -2.16. The zero-order valence-electron chi connectivity index (χ0n) is 8.66. The van der Waals surface area contributed by atoms with Gasteiger partial charge in [-0.2, -0.15) is 0 Å². The van der Waals surface area contributed by atoms with E-state index in [4.69, 9.17) is 15.6 Å². The summed E-state index contributed by atoms with van der Waals surface area (Å²) in [5.74, 6) is 0.764. The van der Waals surface area contributed by atoms with Crippen LogP contribution >= 0.6 is 0 Å². The van der Waals surface area contributed by atoms with Crippen LogP contribution in [0, 0.1) is 6.92 Å². The average Bonchev–Trinajstić information content (AvgIpc) is 2.21. The molecule has 1 unspecified atom stereocenters. The van der Waals surface area contributed by atoms with Gasteiger partial charge < -0.3 is 15.6 Å². The molecule has 0 heterocycles. The molecule has 1 rings (SSSR count). The van der Waals surface area contributed by atoms with Gasteiger partial charge in [0.2, 0.25) is 0 Å². The molecule has 14 heavy (non-hydrogen) atoms. The summed E-state index contributed by atoms with van der Waals surface area (Å²) in [6.07, 6.45) is 0. The van der Waals surface area contributed by atoms with Crippen molar-refractivity contribution in [1.29, 1.82) is 0 Å². The van der Waals surface area contributed by atoms with Crippen LogP contribution in [0.3, 0.4) is 0 Å². The van der Waals surface area contributed by atoms with E-state index in [1.165, 1.54) is 0 Å². The lowest BCUT2D eigenvalue weighted by molar-refractivity contribution is 0.264. The molecule has 0 spiro atoms. The highest BCUT2D eigenvalue weighted by Crippen LogP contribution is 2.26. The quantitative estimate of drug-likeness (QED) is 0.754. The number of nitrogens with two attached hydrogens (primary N) is 1. The molecule has 0 aliphatic rings. The normalized spacial score (nSPS) is 12.6. The number of aliphatic hydroxyl groups excluding tert-OH is 1. The highest BCUT2D eigenvalue weighted by molar-refractivity contribution is 5.39. The van der Waals surface area contributed by atoms with Crippen LogP contribution < -0.4 is 10.5 Å². The van der Waals surface area contributed by atoms with Gasteiger partial charge in [-0.25, -0.2) is 0 Å². The van der Waals surface area contributed by atoms with Crippen molar-refractivity contribution in [1.82, 2.24) is 0 Å². The summed E-state index contributed by atoms with van der Waals surface area (Å²) in [5.41, 5.74) is 7.67. The second-order valence-corrected chi connectivity index (χ2v) is 3.36. The number of methoxy groups -OCH3 is 1. The average molecular weight is 195 g/mol. The van der Waals surface area contributed by atoms with E-state index in [-0.39, 0.29) is 12.5 Å². The van der Waals surface area contributed by atoms with Gasteiger partial charge in [0.1, 0.15) is 5.75 Å². The SMILES string of the molecule is COc1cc(C)ccc1C(CN)CO. The van der Waals surface area contributed by atoms with Gasteiger partial charge in [-0.1, -0.05) is 12.1 Å². The van der Waals surface area contributed by atoms with Gasteiger partial charge in [-0.05, 0) is 18.6 Å². The fourth-order valence-electron chi connectivity index (χ4n) is 1.46. The standard InChI is InChI=1S/C11H17NO2/c1-8-3-4-10(9(6-12)7-13)11(5-8)14-2/h3-5,9,13H,6-7,12H2,1-2H3. The molecule has 3 nitrogen and oxygen atoms in total. The van der Waals surface area contributed by atoms with E-state index in [1.54, 1.807) is 7.11 Å². The fourth-order valence-corrected chi connectivity index (χ4v) is 1.46. The van der Waals surface area contributed by atoms with Gasteiger partial charge in [0, 0.05) is 18.0 Å². The Labute approximate surface area is 84.5 Å². The lowest BCUT2D eigenvalue weighted by atomic mass is 9.98. The van der Waals surface area contributed by atoms with Crippen molar-refractivity contribution in [2.45, 2.75) is 12.8 Å². The number of aryl methyl sites for hydroxylation is 1. The summed E-state index contributed by atoms with van der Waals surface area (Å²) < 4.78 is 5.24. The van der Waals surface area contributed by atoms with Gasteiger partial charge in [-0.15, -0.1) is 0 Å². The molecule has 0 aliphatic heterocycles. The minimum absolute atomic E-state index is 0.0365. The number of aliphatic hydroxyl groups is 1. The van der Waals surface area contributed by atoms with Crippen LogP contribution in [-0.2, 0) is 0 Å². The molecule has 0 fully saturated rings. The smallest absolute Gasteiger partial charge is 0.122 e. The Morgan fingerprint density at radius 1 is 1.50 bits per heavy atom. The van der Waals surface area contributed by atoms with Crippen molar-refractivity contribution in [2.75, 3.05) is 20.3 Å². The third-order valence-electron chi connectivity index (χ3n) is 2.33. The molecule has 1 aromatic carbocycles. The molecular formula is C11H17NO2. The Bertz CT molecular complexity index is 295. The van der Waals surface area contributed by atoms with Crippen molar-refractivity contribution in [3.8, 4) is 5.75 Å². The first-order valence-electron chi connectivity index (χ1n) is 4.68. The van der Waals surface area contributed by atoms with E-state index in [0.717, 1.165) is 16.9 Å². The highest BCUT2D eigenvalue weighted by atomic mass is 16.5. The molecule has 3 heteroatoms. The van der Waals surface area contributed by atoms with Crippen LogP contribution in [0.25, 0.3) is 0 Å². The number of benzene rings is 1. The van der Waals surface area contributed by atoms with Crippen molar-refractivity contribution in [2.24, 2.45) is 5.73 Å². The van der Waals surface area contributed by atoms with Crippen LogP contribution in [-0.4, -0.2) is 25.4 Å². The zero-order valence-corrected chi connectivity index (χ0v) is 8.66. The molecule has 0 aliphatic carbocycles. The van der Waals surface area contributed by atoms with Gasteiger partial charge in [-0.3, -0.25) is 0 Å². The minimum Gasteiger partial charge on any atom is -0.496 e. The first-order valence-corrected chi connectivity index (χ1v) is 4.68. The molecule has 78 valence electrons. The number of ether oxygens (including phenoxy) is 1. The first kappa shape index (κ1) is 11.0. The molecular weight excluding hydrogens is 178 g/mol. The van der Waals surface area contributed by atoms with E-state index < -0.39 is 0 Å². The molecule has 0 saturated carbocycles. The zero-order chi connectivity index (χ0) is 10.6. The summed E-state index contributed by atoms with van der Waals surface area (Å²) >= 11 is 0. The lowest BCUT2D eigenvalue weighted by Crippen LogP contribution is -2.16. The van der Waals surface area contributed by atoms with Gasteiger partial charge in [0.15, 0.2) is 0 Å².